The lowest BCUT2D eigenvalue weighted by atomic mass is 9.80. The van der Waals surface area contributed by atoms with Crippen molar-refractivity contribution < 1.29 is 19.1 Å². The lowest BCUT2D eigenvalue weighted by Gasteiger charge is -2.44. The number of carbonyl (C=O) groups is 3. The number of aromatic nitrogens is 2. The van der Waals surface area contributed by atoms with Gasteiger partial charge in [0.25, 0.3) is 5.91 Å². The smallest absolute Gasteiger partial charge is 0.308 e. The van der Waals surface area contributed by atoms with Crippen LogP contribution in [0.4, 0.5) is 0 Å². The Hall–Kier alpha value is -2.42. The van der Waals surface area contributed by atoms with Crippen molar-refractivity contribution in [1.82, 2.24) is 24.9 Å². The summed E-state index contributed by atoms with van der Waals surface area (Å²) in [6.45, 7) is 15.1. The zero-order valence-corrected chi connectivity index (χ0v) is 24.2. The highest BCUT2D eigenvalue weighted by atomic mass is 16.5. The van der Waals surface area contributed by atoms with E-state index in [2.05, 4.69) is 57.0 Å². The Labute approximate surface area is 222 Å². The molecule has 3 rings (SSSR count). The average Bonchev–Trinajstić information content (AvgIpc) is 3.39. The molecule has 37 heavy (non-hydrogen) atoms. The molecule has 2 amide bonds. The fraction of sp³-hybridized carbons (Fsp3) is 0.786. The van der Waals surface area contributed by atoms with Gasteiger partial charge in [-0.1, -0.05) is 34.6 Å². The highest BCUT2D eigenvalue weighted by Gasteiger charge is 2.43. The zero-order chi connectivity index (χ0) is 27.7. The van der Waals surface area contributed by atoms with Crippen molar-refractivity contribution in [1.29, 1.82) is 0 Å². The normalized spacial score (nSPS) is 24.9. The van der Waals surface area contributed by atoms with Crippen LogP contribution in [0.25, 0.3) is 0 Å². The number of carbonyl (C=O) groups excluding carboxylic acids is 3. The quantitative estimate of drug-likeness (QED) is 0.532. The zero-order valence-electron chi connectivity index (χ0n) is 24.2. The third-order valence-corrected chi connectivity index (χ3v) is 8.04. The van der Waals surface area contributed by atoms with Gasteiger partial charge in [-0.05, 0) is 52.6 Å². The van der Waals surface area contributed by atoms with Gasteiger partial charge < -0.3 is 19.9 Å². The van der Waals surface area contributed by atoms with E-state index in [0.29, 0.717) is 37.4 Å². The minimum Gasteiger partial charge on any atom is -0.465 e. The SMILES string of the molecule is CC(C)C(=O)OC[C@@H]1C[C@H](N(C)C(C)C)CC[C@@H]1N1CCC(NC(=O)c2cc(C(C)(C)C)nn2C)C1=O. The van der Waals surface area contributed by atoms with Crippen molar-refractivity contribution in [2.24, 2.45) is 18.9 Å². The molecule has 2 aliphatic rings. The summed E-state index contributed by atoms with van der Waals surface area (Å²) in [5.41, 5.74) is 1.11. The first-order chi connectivity index (χ1) is 17.2. The lowest BCUT2D eigenvalue weighted by Crippen LogP contribution is -2.53. The second kappa shape index (κ2) is 11.5. The molecular weight excluding hydrogens is 470 g/mol. The Bertz CT molecular complexity index is 980. The van der Waals surface area contributed by atoms with Gasteiger partial charge in [0.1, 0.15) is 11.7 Å². The fourth-order valence-electron chi connectivity index (χ4n) is 5.40. The fourth-order valence-corrected chi connectivity index (χ4v) is 5.40. The minimum absolute atomic E-state index is 0.00428. The first-order valence-corrected chi connectivity index (χ1v) is 13.7. The number of aryl methyl sites for hydroxylation is 1. The van der Waals surface area contributed by atoms with E-state index < -0.39 is 6.04 Å². The van der Waals surface area contributed by atoms with Crippen molar-refractivity contribution in [3.8, 4) is 0 Å². The van der Waals surface area contributed by atoms with Crippen LogP contribution in [0.3, 0.4) is 0 Å². The monoisotopic (exact) mass is 517 g/mol. The molecule has 1 aromatic rings. The van der Waals surface area contributed by atoms with Gasteiger partial charge in [-0.25, -0.2) is 0 Å². The molecule has 1 unspecified atom stereocenters. The van der Waals surface area contributed by atoms with Crippen LogP contribution >= 0.6 is 0 Å². The highest BCUT2D eigenvalue weighted by Crippen LogP contribution is 2.34. The number of hydrogen-bond donors (Lipinski definition) is 1. The Morgan fingerprint density at radius 3 is 2.43 bits per heavy atom. The number of esters is 1. The van der Waals surface area contributed by atoms with E-state index in [0.717, 1.165) is 25.0 Å². The first kappa shape index (κ1) is 29.1. The highest BCUT2D eigenvalue weighted by molar-refractivity contribution is 5.97. The van der Waals surface area contributed by atoms with Crippen molar-refractivity contribution in [2.45, 2.75) is 104 Å². The largest absolute Gasteiger partial charge is 0.465 e. The predicted octanol–water partition coefficient (Wildman–Crippen LogP) is 3.13. The molecule has 0 spiro atoms. The van der Waals surface area contributed by atoms with E-state index in [1.807, 2.05) is 18.7 Å². The van der Waals surface area contributed by atoms with Crippen LogP contribution in [0.1, 0.15) is 90.3 Å². The van der Waals surface area contributed by atoms with Gasteiger partial charge in [0.15, 0.2) is 0 Å². The van der Waals surface area contributed by atoms with Crippen molar-refractivity contribution in [2.75, 3.05) is 20.2 Å². The molecule has 1 saturated heterocycles. The van der Waals surface area contributed by atoms with Crippen LogP contribution < -0.4 is 5.32 Å². The average molecular weight is 518 g/mol. The molecule has 1 aliphatic heterocycles. The van der Waals surface area contributed by atoms with Gasteiger partial charge in [0.2, 0.25) is 5.91 Å². The van der Waals surface area contributed by atoms with Crippen LogP contribution in [0.15, 0.2) is 6.07 Å². The molecule has 2 heterocycles. The molecule has 1 aliphatic carbocycles. The van der Waals surface area contributed by atoms with E-state index >= 15 is 0 Å². The van der Waals surface area contributed by atoms with Gasteiger partial charge in [-0.15, -0.1) is 0 Å². The molecule has 1 N–H and O–H groups in total. The van der Waals surface area contributed by atoms with Gasteiger partial charge in [0.05, 0.1) is 18.2 Å². The molecule has 2 fully saturated rings. The summed E-state index contributed by atoms with van der Waals surface area (Å²) in [7, 11) is 3.89. The summed E-state index contributed by atoms with van der Waals surface area (Å²) in [5.74, 6) is -0.660. The Kier molecular flexibility index (Phi) is 9.09. The molecule has 208 valence electrons. The molecular formula is C28H47N5O4. The maximum Gasteiger partial charge on any atom is 0.308 e. The summed E-state index contributed by atoms with van der Waals surface area (Å²) < 4.78 is 7.26. The molecule has 0 aromatic carbocycles. The second-order valence-electron chi connectivity index (χ2n) is 12.5. The Morgan fingerprint density at radius 1 is 1.19 bits per heavy atom. The number of ether oxygens (including phenoxy) is 1. The summed E-state index contributed by atoms with van der Waals surface area (Å²) in [5, 5.41) is 7.45. The molecule has 9 nitrogen and oxygen atoms in total. The number of amides is 2. The summed E-state index contributed by atoms with van der Waals surface area (Å²) in [6.07, 6.45) is 3.28. The minimum atomic E-state index is -0.560. The third kappa shape index (κ3) is 6.72. The molecule has 0 radical (unpaired) electrons. The van der Waals surface area contributed by atoms with Crippen LogP contribution in [-0.4, -0.2) is 81.7 Å². The number of hydrogen-bond acceptors (Lipinski definition) is 6. The maximum absolute atomic E-state index is 13.5. The summed E-state index contributed by atoms with van der Waals surface area (Å²) in [6, 6.07) is 2.04. The summed E-state index contributed by atoms with van der Waals surface area (Å²) >= 11 is 0. The standard InChI is InChI=1S/C28H47N5O4/c1-17(2)27(36)37-16-19-14-20(31(8)18(3)4)10-11-22(19)33-13-12-21(26(33)35)29-25(34)23-15-24(28(5,6)7)30-32(23)9/h15,17-22H,10-14,16H2,1-9H3,(H,29,34)/t19-,20+,21?,22-/m0/s1. The van der Waals surface area contributed by atoms with Crippen LogP contribution in [0.5, 0.6) is 0 Å². The number of nitrogens with one attached hydrogen (secondary N) is 1. The number of rotatable bonds is 8. The number of nitrogens with zero attached hydrogens (tertiary/aromatic N) is 4. The second-order valence-corrected chi connectivity index (χ2v) is 12.5. The predicted molar refractivity (Wildman–Crippen MR) is 143 cm³/mol. The van der Waals surface area contributed by atoms with E-state index in [1.54, 1.807) is 17.8 Å². The van der Waals surface area contributed by atoms with Crippen LogP contribution in [-0.2, 0) is 26.8 Å². The van der Waals surface area contributed by atoms with Gasteiger partial charge in [0, 0.05) is 43.1 Å². The van der Waals surface area contributed by atoms with E-state index in [4.69, 9.17) is 4.74 Å². The number of likely N-dealkylation sites (tertiary alicyclic amines) is 1. The molecule has 4 atom stereocenters. The lowest BCUT2D eigenvalue weighted by molar-refractivity contribution is -0.150. The Morgan fingerprint density at radius 2 is 1.86 bits per heavy atom. The van der Waals surface area contributed by atoms with Gasteiger partial charge in [-0.3, -0.25) is 19.1 Å². The van der Waals surface area contributed by atoms with Crippen molar-refractivity contribution in [3.63, 3.8) is 0 Å². The van der Waals surface area contributed by atoms with Gasteiger partial charge in [-0.2, -0.15) is 5.10 Å². The first-order valence-electron chi connectivity index (χ1n) is 13.7. The van der Waals surface area contributed by atoms with E-state index in [9.17, 15) is 14.4 Å². The Balaban J connectivity index is 1.71. The molecule has 1 aromatic heterocycles. The summed E-state index contributed by atoms with van der Waals surface area (Å²) in [4.78, 5) is 43.1. The van der Waals surface area contributed by atoms with Gasteiger partial charge >= 0.3 is 5.97 Å². The van der Waals surface area contributed by atoms with E-state index in [-0.39, 0.29) is 41.1 Å². The topological polar surface area (TPSA) is 96.8 Å². The molecule has 1 saturated carbocycles. The van der Waals surface area contributed by atoms with Crippen molar-refractivity contribution >= 4 is 17.8 Å². The van der Waals surface area contributed by atoms with E-state index in [1.165, 1.54) is 0 Å². The molecule has 9 heteroatoms. The van der Waals surface area contributed by atoms with Crippen LogP contribution in [0, 0.1) is 11.8 Å². The van der Waals surface area contributed by atoms with Crippen molar-refractivity contribution in [3.05, 3.63) is 17.5 Å². The third-order valence-electron chi connectivity index (χ3n) is 8.04. The maximum atomic E-state index is 13.5. The van der Waals surface area contributed by atoms with Crippen LogP contribution in [0.2, 0.25) is 0 Å². The molecule has 0 bridgehead atoms.